The Bertz CT molecular complexity index is 644. The summed E-state index contributed by atoms with van der Waals surface area (Å²) in [5, 5.41) is 21.8. The molecule has 0 fully saturated rings. The van der Waals surface area contributed by atoms with Gasteiger partial charge in [0.2, 0.25) is 0 Å². The van der Waals surface area contributed by atoms with Crippen molar-refractivity contribution in [3.63, 3.8) is 0 Å². The Morgan fingerprint density at radius 1 is 0.652 bits per heavy atom. The van der Waals surface area contributed by atoms with Crippen LogP contribution < -0.4 is 10.6 Å². The Balaban J connectivity index is 2.08. The van der Waals surface area contributed by atoms with E-state index in [0.717, 1.165) is 29.4 Å². The smallest absolute Gasteiger partial charge is 0.0756 e. The quantitative estimate of drug-likeness (QED) is 0.687. The summed E-state index contributed by atoms with van der Waals surface area (Å²) in [6.45, 7) is 0. The minimum Gasteiger partial charge on any atom is -0.391 e. The molecule has 0 aliphatic rings. The second kappa shape index (κ2) is 8.67. The Kier molecular flexibility index (Phi) is 7.16. The fourth-order valence-corrected chi connectivity index (χ4v) is 8.19. The molecule has 0 radical (unpaired) electrons. The van der Waals surface area contributed by atoms with Crippen LogP contribution in [0.5, 0.6) is 0 Å². The Morgan fingerprint density at radius 3 is 1.30 bits per heavy atom. The minimum absolute atomic E-state index is 0.0414. The molecule has 23 heavy (non-hydrogen) atoms. The van der Waals surface area contributed by atoms with Gasteiger partial charge in [0.1, 0.15) is 0 Å². The van der Waals surface area contributed by atoms with Crippen LogP contribution >= 0.6 is 12.1 Å². The van der Waals surface area contributed by atoms with E-state index in [4.69, 9.17) is 23.6 Å². The van der Waals surface area contributed by atoms with E-state index >= 15 is 0 Å². The third-order valence-electron chi connectivity index (χ3n) is 3.95. The molecular formula is C17H22O2P2S2. The lowest BCUT2D eigenvalue weighted by molar-refractivity contribution is 0.370. The SMILES string of the molecule is OCP(=S)(CCCP(=S)(CO)c1ccccc1)c1ccccc1. The molecular weight excluding hydrogens is 362 g/mol. The van der Waals surface area contributed by atoms with Crippen molar-refractivity contribution >= 4 is 46.3 Å². The molecule has 0 bridgehead atoms. The lowest BCUT2D eigenvalue weighted by Gasteiger charge is -2.24. The largest absolute Gasteiger partial charge is 0.391 e. The summed E-state index contributed by atoms with van der Waals surface area (Å²) in [6.07, 6.45) is 2.50. The number of rotatable bonds is 8. The van der Waals surface area contributed by atoms with Crippen molar-refractivity contribution in [1.29, 1.82) is 0 Å². The fraction of sp³-hybridized carbons (Fsp3) is 0.294. The van der Waals surface area contributed by atoms with Gasteiger partial charge in [-0.1, -0.05) is 84.3 Å². The van der Waals surface area contributed by atoms with Crippen LogP contribution in [0.25, 0.3) is 0 Å². The van der Waals surface area contributed by atoms with Gasteiger partial charge >= 0.3 is 0 Å². The van der Waals surface area contributed by atoms with Crippen molar-refractivity contribution in [1.82, 2.24) is 0 Å². The average molecular weight is 384 g/mol. The van der Waals surface area contributed by atoms with Crippen LogP contribution in [0.4, 0.5) is 0 Å². The number of hydrogen-bond donors (Lipinski definition) is 2. The van der Waals surface area contributed by atoms with E-state index in [1.807, 2.05) is 60.7 Å². The molecule has 0 aliphatic heterocycles. The van der Waals surface area contributed by atoms with Crippen LogP contribution in [0.3, 0.4) is 0 Å². The molecule has 0 saturated carbocycles. The predicted molar refractivity (Wildman–Crippen MR) is 109 cm³/mol. The van der Waals surface area contributed by atoms with Crippen molar-refractivity contribution in [2.75, 3.05) is 25.0 Å². The maximum Gasteiger partial charge on any atom is 0.0756 e. The Morgan fingerprint density at radius 2 is 1.00 bits per heavy atom. The predicted octanol–water partition coefficient (Wildman–Crippen LogP) is 2.89. The van der Waals surface area contributed by atoms with Gasteiger partial charge in [0.15, 0.2) is 0 Å². The number of hydrogen-bond acceptors (Lipinski definition) is 4. The van der Waals surface area contributed by atoms with Gasteiger partial charge in [-0.2, -0.15) is 0 Å². The Labute approximate surface area is 148 Å². The lowest BCUT2D eigenvalue weighted by atomic mass is 10.4. The minimum atomic E-state index is -1.96. The van der Waals surface area contributed by atoms with Gasteiger partial charge < -0.3 is 10.2 Å². The van der Waals surface area contributed by atoms with Crippen LogP contribution in [-0.4, -0.2) is 35.2 Å². The van der Waals surface area contributed by atoms with Gasteiger partial charge in [-0.3, -0.25) is 0 Å². The molecule has 0 saturated heterocycles. The standard InChI is InChI=1S/C17H22O2P2S2/c18-14-20(22,16-8-3-1-4-9-16)12-7-13-21(23,15-19)17-10-5-2-6-11-17/h1-6,8-11,18-19H,7,12-15H2. The molecule has 0 amide bonds. The summed E-state index contributed by atoms with van der Waals surface area (Å²) in [4.78, 5) is 0. The zero-order valence-corrected chi connectivity index (χ0v) is 16.3. The molecule has 124 valence electrons. The molecule has 2 N–H and O–H groups in total. The lowest BCUT2D eigenvalue weighted by Crippen LogP contribution is -2.14. The maximum atomic E-state index is 9.82. The number of aliphatic hydroxyl groups is 2. The molecule has 0 aromatic heterocycles. The van der Waals surface area contributed by atoms with E-state index in [1.54, 1.807) is 0 Å². The molecule has 2 unspecified atom stereocenters. The zero-order valence-electron chi connectivity index (χ0n) is 12.9. The van der Waals surface area contributed by atoms with Gasteiger partial charge in [0.05, 0.1) is 12.7 Å². The van der Waals surface area contributed by atoms with Crippen molar-refractivity contribution in [2.24, 2.45) is 0 Å². The molecule has 0 spiro atoms. The maximum absolute atomic E-state index is 9.82. The van der Waals surface area contributed by atoms with Crippen LogP contribution in [0, 0.1) is 0 Å². The summed E-state index contributed by atoms with van der Waals surface area (Å²) in [7, 11) is 0. The van der Waals surface area contributed by atoms with Crippen molar-refractivity contribution in [2.45, 2.75) is 6.42 Å². The highest BCUT2D eigenvalue weighted by Gasteiger charge is 2.22. The van der Waals surface area contributed by atoms with Crippen LogP contribution in [0.2, 0.25) is 0 Å². The molecule has 2 aromatic carbocycles. The van der Waals surface area contributed by atoms with Crippen molar-refractivity contribution in [3.8, 4) is 0 Å². The summed E-state index contributed by atoms with van der Waals surface area (Å²) in [5.41, 5.74) is 0. The number of benzene rings is 2. The Hall–Kier alpha value is -0.340. The first kappa shape index (κ1) is 19.0. The van der Waals surface area contributed by atoms with E-state index in [-0.39, 0.29) is 12.7 Å². The van der Waals surface area contributed by atoms with Crippen LogP contribution in [-0.2, 0) is 23.6 Å². The fourth-order valence-electron chi connectivity index (χ4n) is 2.54. The monoisotopic (exact) mass is 384 g/mol. The topological polar surface area (TPSA) is 40.5 Å². The summed E-state index contributed by atoms with van der Waals surface area (Å²) < 4.78 is 0. The molecule has 2 rings (SSSR count). The highest BCUT2D eigenvalue weighted by molar-refractivity contribution is 8.18. The molecule has 2 atom stereocenters. The molecule has 0 heterocycles. The van der Waals surface area contributed by atoms with Gasteiger partial charge in [0, 0.05) is 12.1 Å². The first-order chi connectivity index (χ1) is 11.0. The first-order valence-corrected chi connectivity index (χ1v) is 13.9. The van der Waals surface area contributed by atoms with Crippen LogP contribution in [0.1, 0.15) is 6.42 Å². The zero-order chi connectivity index (χ0) is 16.8. The van der Waals surface area contributed by atoms with Crippen molar-refractivity contribution < 1.29 is 10.2 Å². The summed E-state index contributed by atoms with van der Waals surface area (Å²) >= 11 is 11.6. The summed E-state index contributed by atoms with van der Waals surface area (Å²) in [5.74, 6) is 0. The highest BCUT2D eigenvalue weighted by Crippen LogP contribution is 2.48. The van der Waals surface area contributed by atoms with Gasteiger partial charge in [0.25, 0.3) is 0 Å². The van der Waals surface area contributed by atoms with Gasteiger partial charge in [-0.05, 0) is 29.4 Å². The summed E-state index contributed by atoms with van der Waals surface area (Å²) in [6, 6.07) is 15.9. The first-order valence-electron chi connectivity index (χ1n) is 7.53. The molecule has 2 aromatic rings. The van der Waals surface area contributed by atoms with E-state index in [1.165, 1.54) is 0 Å². The second-order valence-corrected chi connectivity index (χ2v) is 15.8. The van der Waals surface area contributed by atoms with E-state index < -0.39 is 12.1 Å². The average Bonchev–Trinajstić information content (AvgIpc) is 2.63. The van der Waals surface area contributed by atoms with Gasteiger partial charge in [-0.15, -0.1) is 0 Å². The van der Waals surface area contributed by atoms with E-state index in [0.29, 0.717) is 0 Å². The van der Waals surface area contributed by atoms with E-state index in [2.05, 4.69) is 0 Å². The highest BCUT2D eigenvalue weighted by atomic mass is 32.4. The normalized spacial score (nSPS) is 16.4. The number of aliphatic hydroxyl groups excluding tert-OH is 2. The molecule has 2 nitrogen and oxygen atoms in total. The van der Waals surface area contributed by atoms with Crippen molar-refractivity contribution in [3.05, 3.63) is 60.7 Å². The third kappa shape index (κ3) is 4.82. The molecule has 0 aliphatic carbocycles. The van der Waals surface area contributed by atoms with E-state index in [9.17, 15) is 10.2 Å². The second-order valence-electron chi connectivity index (χ2n) is 5.53. The third-order valence-corrected chi connectivity index (χ3v) is 12.5. The van der Waals surface area contributed by atoms with Crippen LogP contribution in [0.15, 0.2) is 60.7 Å². The van der Waals surface area contributed by atoms with Gasteiger partial charge in [-0.25, -0.2) is 0 Å². The molecule has 6 heteroatoms.